The predicted molar refractivity (Wildman–Crippen MR) is 70.1 cm³/mol. The van der Waals surface area contributed by atoms with Gasteiger partial charge < -0.3 is 20.0 Å². The first-order chi connectivity index (χ1) is 9.49. The Bertz CT molecular complexity index is 400. The molecule has 1 aliphatic heterocycles. The van der Waals surface area contributed by atoms with Crippen molar-refractivity contribution in [2.75, 3.05) is 20.8 Å². The van der Waals surface area contributed by atoms with E-state index in [2.05, 4.69) is 9.89 Å². The minimum atomic E-state index is -0.741. The van der Waals surface area contributed by atoms with Gasteiger partial charge in [-0.05, 0) is 19.8 Å². The number of oxime groups is 1. The first-order valence-corrected chi connectivity index (χ1v) is 6.17. The highest BCUT2D eigenvalue weighted by Crippen LogP contribution is 2.16. The zero-order valence-corrected chi connectivity index (χ0v) is 11.8. The molecule has 0 amide bonds. The zero-order valence-electron chi connectivity index (χ0n) is 11.8. The monoisotopic (exact) mass is 289 g/mol. The van der Waals surface area contributed by atoms with E-state index in [1.54, 1.807) is 6.92 Å². The van der Waals surface area contributed by atoms with Crippen molar-refractivity contribution in [3.8, 4) is 0 Å². The number of hydrogen-bond acceptors (Lipinski definition) is 7. The molecule has 1 aliphatic rings. The van der Waals surface area contributed by atoms with Gasteiger partial charge in [-0.15, -0.1) is 0 Å². The van der Waals surface area contributed by atoms with Gasteiger partial charge in [0.25, 0.3) is 0 Å². The van der Waals surface area contributed by atoms with Crippen LogP contribution in [0.2, 0.25) is 0 Å². The summed E-state index contributed by atoms with van der Waals surface area (Å²) in [6, 6.07) is -0.741. The van der Waals surface area contributed by atoms with E-state index in [1.807, 2.05) is 0 Å². The SMILES string of the molecule is COC(=O)C(N)CC/C=C(/F)CN1C(C)=NOC1OC. The number of amidine groups is 1. The Hall–Kier alpha value is -1.67. The summed E-state index contributed by atoms with van der Waals surface area (Å²) in [6.45, 7) is 1.68. The Labute approximate surface area is 117 Å². The van der Waals surface area contributed by atoms with Crippen LogP contribution in [0.15, 0.2) is 17.1 Å². The van der Waals surface area contributed by atoms with Crippen molar-refractivity contribution in [1.29, 1.82) is 0 Å². The van der Waals surface area contributed by atoms with Crippen molar-refractivity contribution in [2.24, 2.45) is 10.9 Å². The molecule has 0 saturated carbocycles. The smallest absolute Gasteiger partial charge is 0.322 e. The van der Waals surface area contributed by atoms with Gasteiger partial charge in [-0.25, -0.2) is 4.39 Å². The average Bonchev–Trinajstić information content (AvgIpc) is 2.78. The largest absolute Gasteiger partial charge is 0.468 e. The number of methoxy groups -OCH3 is 2. The number of carbonyl (C=O) groups excluding carboxylic acids is 1. The number of allylic oxidation sites excluding steroid dienone is 1. The summed E-state index contributed by atoms with van der Waals surface area (Å²) in [5.41, 5.74) is 5.55. The van der Waals surface area contributed by atoms with E-state index in [0.29, 0.717) is 18.7 Å². The van der Waals surface area contributed by atoms with E-state index in [-0.39, 0.29) is 12.4 Å². The Morgan fingerprint density at radius 3 is 2.95 bits per heavy atom. The molecule has 0 aromatic heterocycles. The fourth-order valence-corrected chi connectivity index (χ4v) is 1.66. The summed E-state index contributed by atoms with van der Waals surface area (Å²) in [5, 5.41) is 3.71. The minimum absolute atomic E-state index is 0.0126. The molecular weight excluding hydrogens is 269 g/mol. The standard InChI is InChI=1S/C12H20FN3O4/c1-8-15-20-12(19-3)16(8)7-9(13)5-4-6-10(14)11(17)18-2/h5,10,12H,4,6-7,14H2,1-3H3/b9-5+. The van der Waals surface area contributed by atoms with Crippen LogP contribution in [-0.4, -0.2) is 49.9 Å². The molecule has 20 heavy (non-hydrogen) atoms. The van der Waals surface area contributed by atoms with Gasteiger partial charge in [0.2, 0.25) is 0 Å². The van der Waals surface area contributed by atoms with Gasteiger partial charge in [0, 0.05) is 7.11 Å². The highest BCUT2D eigenvalue weighted by atomic mass is 19.1. The normalized spacial score (nSPS) is 20.4. The number of carbonyl (C=O) groups is 1. The molecule has 0 aromatic rings. The second-order valence-electron chi connectivity index (χ2n) is 4.27. The van der Waals surface area contributed by atoms with E-state index in [9.17, 15) is 9.18 Å². The van der Waals surface area contributed by atoms with Crippen LogP contribution in [0.25, 0.3) is 0 Å². The van der Waals surface area contributed by atoms with Crippen molar-refractivity contribution in [3.63, 3.8) is 0 Å². The molecule has 8 heteroatoms. The summed E-state index contributed by atoms with van der Waals surface area (Å²) in [5.74, 6) is -0.343. The van der Waals surface area contributed by atoms with Crippen LogP contribution >= 0.6 is 0 Å². The van der Waals surface area contributed by atoms with Crippen LogP contribution in [0.5, 0.6) is 0 Å². The average molecular weight is 289 g/mol. The third-order valence-electron chi connectivity index (χ3n) is 2.82. The number of halogens is 1. The van der Waals surface area contributed by atoms with E-state index >= 15 is 0 Å². The molecule has 2 atom stereocenters. The van der Waals surface area contributed by atoms with Crippen LogP contribution in [0.4, 0.5) is 4.39 Å². The fraction of sp³-hybridized carbons (Fsp3) is 0.667. The second kappa shape index (κ2) is 7.81. The maximum Gasteiger partial charge on any atom is 0.322 e. The van der Waals surface area contributed by atoms with Crippen molar-refractivity contribution >= 4 is 11.8 Å². The summed E-state index contributed by atoms with van der Waals surface area (Å²) in [4.78, 5) is 17.5. The van der Waals surface area contributed by atoms with Gasteiger partial charge in [-0.3, -0.25) is 9.69 Å². The van der Waals surface area contributed by atoms with Crippen molar-refractivity contribution in [3.05, 3.63) is 11.9 Å². The van der Waals surface area contributed by atoms with Gasteiger partial charge in [-0.2, -0.15) is 0 Å². The highest BCUT2D eigenvalue weighted by molar-refractivity contribution is 5.80. The predicted octanol–water partition coefficient (Wildman–Crippen LogP) is 0.716. The van der Waals surface area contributed by atoms with Crippen LogP contribution in [0.3, 0.4) is 0 Å². The molecule has 2 N–H and O–H groups in total. The van der Waals surface area contributed by atoms with E-state index in [4.69, 9.17) is 15.3 Å². The van der Waals surface area contributed by atoms with Gasteiger partial charge in [0.15, 0.2) is 0 Å². The van der Waals surface area contributed by atoms with Crippen molar-refractivity contribution in [2.45, 2.75) is 32.2 Å². The van der Waals surface area contributed by atoms with Crippen molar-refractivity contribution < 1.29 is 23.5 Å². The molecule has 1 rings (SSSR count). The highest BCUT2D eigenvalue weighted by Gasteiger charge is 2.27. The van der Waals surface area contributed by atoms with Gasteiger partial charge in [0.05, 0.1) is 13.7 Å². The molecule has 0 radical (unpaired) electrons. The number of nitrogens with zero attached hydrogens (tertiary/aromatic N) is 2. The Balaban J connectivity index is 2.42. The van der Waals surface area contributed by atoms with Crippen LogP contribution in [0.1, 0.15) is 19.8 Å². The molecule has 2 unspecified atom stereocenters. The molecule has 7 nitrogen and oxygen atoms in total. The van der Waals surface area contributed by atoms with E-state index < -0.39 is 18.4 Å². The number of ether oxygens (including phenoxy) is 2. The third kappa shape index (κ3) is 4.46. The number of hydrogen-bond donors (Lipinski definition) is 1. The minimum Gasteiger partial charge on any atom is -0.468 e. The lowest BCUT2D eigenvalue weighted by atomic mass is 10.1. The van der Waals surface area contributed by atoms with Crippen LogP contribution < -0.4 is 5.73 Å². The maximum atomic E-state index is 13.8. The molecule has 0 spiro atoms. The maximum absolute atomic E-state index is 13.8. The van der Waals surface area contributed by atoms with Gasteiger partial charge in [-0.1, -0.05) is 11.2 Å². The molecule has 0 saturated heterocycles. The lowest BCUT2D eigenvalue weighted by molar-refractivity contribution is -0.166. The lowest BCUT2D eigenvalue weighted by Gasteiger charge is -2.21. The summed E-state index contributed by atoms with van der Waals surface area (Å²) >= 11 is 0. The number of esters is 1. The molecule has 0 bridgehead atoms. The third-order valence-corrected chi connectivity index (χ3v) is 2.82. The molecule has 1 heterocycles. The number of rotatable bonds is 7. The van der Waals surface area contributed by atoms with Gasteiger partial charge >= 0.3 is 12.4 Å². The molecule has 0 aliphatic carbocycles. The van der Waals surface area contributed by atoms with Crippen LogP contribution in [0, 0.1) is 0 Å². The Kier molecular flexibility index (Phi) is 6.40. The van der Waals surface area contributed by atoms with E-state index in [0.717, 1.165) is 0 Å². The quantitative estimate of drug-likeness (QED) is 0.695. The molecule has 0 fully saturated rings. The van der Waals surface area contributed by atoms with Crippen molar-refractivity contribution in [1.82, 2.24) is 4.90 Å². The first-order valence-electron chi connectivity index (χ1n) is 6.17. The number of nitrogens with two attached hydrogens (primary N) is 1. The molecule has 114 valence electrons. The zero-order chi connectivity index (χ0) is 15.1. The summed E-state index contributed by atoms with van der Waals surface area (Å²) in [7, 11) is 2.71. The molecule has 0 aromatic carbocycles. The summed E-state index contributed by atoms with van der Waals surface area (Å²) in [6.07, 6.45) is 1.31. The van der Waals surface area contributed by atoms with Gasteiger partial charge in [0.1, 0.15) is 17.7 Å². The lowest BCUT2D eigenvalue weighted by Crippen LogP contribution is -2.37. The second-order valence-corrected chi connectivity index (χ2v) is 4.27. The van der Waals surface area contributed by atoms with Crippen LogP contribution in [-0.2, 0) is 19.1 Å². The molecular formula is C12H20FN3O4. The summed E-state index contributed by atoms with van der Waals surface area (Å²) < 4.78 is 23.2. The fourth-order valence-electron chi connectivity index (χ4n) is 1.66. The first kappa shape index (κ1) is 16.4. The Morgan fingerprint density at radius 1 is 1.65 bits per heavy atom. The topological polar surface area (TPSA) is 86.4 Å². The van der Waals surface area contributed by atoms with E-state index in [1.165, 1.54) is 25.2 Å². The Morgan fingerprint density at radius 2 is 2.35 bits per heavy atom.